The van der Waals surface area contributed by atoms with E-state index in [1.807, 2.05) is 30.0 Å². The topological polar surface area (TPSA) is 61.4 Å². The molecule has 6 heteroatoms. The number of likely N-dealkylation sites (tertiary alicyclic amines) is 1. The molecule has 5 nitrogen and oxygen atoms in total. The summed E-state index contributed by atoms with van der Waals surface area (Å²) < 4.78 is 0. The average Bonchev–Trinajstić information content (AvgIpc) is 2.89. The van der Waals surface area contributed by atoms with E-state index in [0.29, 0.717) is 17.7 Å². The van der Waals surface area contributed by atoms with Gasteiger partial charge in [0.15, 0.2) is 5.11 Å². The zero-order valence-corrected chi connectivity index (χ0v) is 15.7. The van der Waals surface area contributed by atoms with Gasteiger partial charge in [-0.15, -0.1) is 0 Å². The van der Waals surface area contributed by atoms with Crippen LogP contribution in [0.25, 0.3) is 0 Å². The van der Waals surface area contributed by atoms with Gasteiger partial charge in [-0.3, -0.25) is 9.59 Å². The summed E-state index contributed by atoms with van der Waals surface area (Å²) in [5.41, 5.74) is 1.23. The van der Waals surface area contributed by atoms with E-state index in [1.54, 1.807) is 6.07 Å². The Morgan fingerprint density at radius 1 is 1.12 bits per heavy atom. The number of hydrogen-bond donors (Lipinski definition) is 2. The maximum absolute atomic E-state index is 12.9. The van der Waals surface area contributed by atoms with Crippen LogP contribution in [0.3, 0.4) is 0 Å². The summed E-state index contributed by atoms with van der Waals surface area (Å²) in [6, 6.07) is 7.31. The molecule has 1 aromatic rings. The molecule has 1 aliphatic heterocycles. The number of hydrogen-bond acceptors (Lipinski definition) is 3. The van der Waals surface area contributed by atoms with Crippen LogP contribution >= 0.6 is 12.2 Å². The van der Waals surface area contributed by atoms with Gasteiger partial charge < -0.3 is 15.5 Å². The van der Waals surface area contributed by atoms with Gasteiger partial charge in [-0.25, -0.2) is 0 Å². The number of thiocarbonyl (C=S) groups is 1. The highest BCUT2D eigenvalue weighted by molar-refractivity contribution is 7.80. The summed E-state index contributed by atoms with van der Waals surface area (Å²) in [6.07, 6.45) is 6.70. The summed E-state index contributed by atoms with van der Waals surface area (Å²) in [6.45, 7) is 3.63. The van der Waals surface area contributed by atoms with Crippen LogP contribution in [-0.4, -0.2) is 34.9 Å². The van der Waals surface area contributed by atoms with Crippen molar-refractivity contribution in [3.05, 3.63) is 29.8 Å². The lowest BCUT2D eigenvalue weighted by molar-refractivity contribution is -0.119. The number of carbonyl (C=O) groups excluding carboxylic acids is 2. The first-order valence-corrected chi connectivity index (χ1v) is 9.51. The van der Waals surface area contributed by atoms with E-state index in [-0.39, 0.29) is 16.9 Å². The highest BCUT2D eigenvalue weighted by Gasteiger charge is 2.20. The summed E-state index contributed by atoms with van der Waals surface area (Å²) in [5.74, 6) is -0.0826. The van der Waals surface area contributed by atoms with Crippen LogP contribution in [-0.2, 0) is 4.79 Å². The molecule has 1 fully saturated rings. The van der Waals surface area contributed by atoms with Crippen LogP contribution < -0.4 is 10.6 Å². The molecule has 1 heterocycles. The van der Waals surface area contributed by atoms with E-state index in [1.165, 1.54) is 12.8 Å². The molecule has 0 saturated carbocycles. The van der Waals surface area contributed by atoms with Gasteiger partial charge >= 0.3 is 0 Å². The van der Waals surface area contributed by atoms with Gasteiger partial charge in [-0.2, -0.15) is 0 Å². The van der Waals surface area contributed by atoms with Crippen molar-refractivity contribution < 1.29 is 9.59 Å². The SMILES string of the molecule is CCCCC(=O)NC(=S)Nc1ccccc1C(=O)N1CCCCCC1. The fraction of sp³-hybridized carbons (Fsp3) is 0.526. The van der Waals surface area contributed by atoms with Crippen molar-refractivity contribution in [2.45, 2.75) is 51.9 Å². The zero-order chi connectivity index (χ0) is 18.1. The molecule has 2 rings (SSSR count). The Bertz CT molecular complexity index is 610. The molecule has 0 aromatic heterocycles. The summed E-state index contributed by atoms with van der Waals surface area (Å²) in [7, 11) is 0. The van der Waals surface area contributed by atoms with Gasteiger partial charge in [-0.1, -0.05) is 38.3 Å². The number of rotatable bonds is 5. The third-order valence-electron chi connectivity index (χ3n) is 4.31. The van der Waals surface area contributed by atoms with Crippen LogP contribution in [0.2, 0.25) is 0 Å². The molecule has 136 valence electrons. The van der Waals surface area contributed by atoms with Crippen molar-refractivity contribution in [3.8, 4) is 0 Å². The summed E-state index contributed by atoms with van der Waals surface area (Å²) in [5, 5.41) is 5.91. The van der Waals surface area contributed by atoms with E-state index >= 15 is 0 Å². The number of para-hydroxylation sites is 1. The van der Waals surface area contributed by atoms with Gasteiger partial charge in [0, 0.05) is 19.5 Å². The molecule has 0 unspecified atom stereocenters. The Hall–Kier alpha value is -1.95. The number of anilines is 1. The Morgan fingerprint density at radius 2 is 1.80 bits per heavy atom. The van der Waals surface area contributed by atoms with Crippen LogP contribution in [0.5, 0.6) is 0 Å². The minimum Gasteiger partial charge on any atom is -0.339 e. The molecule has 2 N–H and O–H groups in total. The number of nitrogens with one attached hydrogen (secondary N) is 2. The molecular weight excluding hydrogens is 334 g/mol. The third-order valence-corrected chi connectivity index (χ3v) is 4.51. The molecule has 0 atom stereocenters. The normalized spacial score (nSPS) is 14.5. The zero-order valence-electron chi connectivity index (χ0n) is 14.8. The van der Waals surface area contributed by atoms with Gasteiger partial charge in [0.1, 0.15) is 0 Å². The summed E-state index contributed by atoms with van der Waals surface area (Å²) >= 11 is 5.22. The quantitative estimate of drug-likeness (QED) is 0.785. The Labute approximate surface area is 155 Å². The minimum atomic E-state index is -0.101. The van der Waals surface area contributed by atoms with Crippen molar-refractivity contribution in [1.82, 2.24) is 10.2 Å². The molecule has 1 aliphatic rings. The molecule has 0 bridgehead atoms. The monoisotopic (exact) mass is 361 g/mol. The highest BCUT2D eigenvalue weighted by atomic mass is 32.1. The number of nitrogens with zero attached hydrogens (tertiary/aromatic N) is 1. The fourth-order valence-corrected chi connectivity index (χ4v) is 3.13. The summed E-state index contributed by atoms with van der Waals surface area (Å²) in [4.78, 5) is 26.6. The first-order valence-electron chi connectivity index (χ1n) is 9.11. The highest BCUT2D eigenvalue weighted by Crippen LogP contribution is 2.20. The second-order valence-corrected chi connectivity index (χ2v) is 6.77. The molecule has 0 aliphatic carbocycles. The van der Waals surface area contributed by atoms with Crippen molar-refractivity contribution in [2.24, 2.45) is 0 Å². The second-order valence-electron chi connectivity index (χ2n) is 6.36. The van der Waals surface area contributed by atoms with Crippen molar-refractivity contribution in [2.75, 3.05) is 18.4 Å². The lowest BCUT2D eigenvalue weighted by Gasteiger charge is -2.22. The van der Waals surface area contributed by atoms with Crippen LogP contribution in [0, 0.1) is 0 Å². The van der Waals surface area contributed by atoms with E-state index < -0.39 is 0 Å². The number of unbranched alkanes of at least 4 members (excludes halogenated alkanes) is 1. The van der Waals surface area contributed by atoms with E-state index in [2.05, 4.69) is 10.6 Å². The van der Waals surface area contributed by atoms with Gasteiger partial charge in [0.2, 0.25) is 5.91 Å². The minimum absolute atomic E-state index is 0.0186. The first-order chi connectivity index (χ1) is 12.1. The van der Waals surface area contributed by atoms with Crippen LogP contribution in [0.15, 0.2) is 24.3 Å². The van der Waals surface area contributed by atoms with Crippen LogP contribution in [0.4, 0.5) is 5.69 Å². The maximum atomic E-state index is 12.9. The number of carbonyl (C=O) groups is 2. The number of amides is 2. The molecule has 2 amide bonds. The lowest BCUT2D eigenvalue weighted by Crippen LogP contribution is -2.36. The Morgan fingerprint density at radius 3 is 2.48 bits per heavy atom. The predicted octanol–water partition coefficient (Wildman–Crippen LogP) is 3.71. The Kier molecular flexibility index (Phi) is 7.85. The average molecular weight is 362 g/mol. The molecular formula is C19H27N3O2S. The van der Waals surface area contributed by atoms with Crippen molar-refractivity contribution in [1.29, 1.82) is 0 Å². The molecule has 0 spiro atoms. The second kappa shape index (κ2) is 10.1. The van der Waals surface area contributed by atoms with E-state index in [4.69, 9.17) is 12.2 Å². The molecule has 1 aromatic carbocycles. The molecule has 0 radical (unpaired) electrons. The van der Waals surface area contributed by atoms with Gasteiger partial charge in [0.05, 0.1) is 11.3 Å². The standard InChI is InChI=1S/C19H27N3O2S/c1-2-3-12-17(23)21-19(25)20-16-11-7-6-10-15(16)18(24)22-13-8-4-5-9-14-22/h6-7,10-11H,2-5,8-9,12-14H2,1H3,(H2,20,21,23,25). The van der Waals surface area contributed by atoms with Crippen molar-refractivity contribution >= 4 is 34.8 Å². The van der Waals surface area contributed by atoms with Gasteiger partial charge in [0.25, 0.3) is 5.91 Å². The van der Waals surface area contributed by atoms with Gasteiger partial charge in [-0.05, 0) is 43.6 Å². The number of benzene rings is 1. The smallest absolute Gasteiger partial charge is 0.255 e. The van der Waals surface area contributed by atoms with E-state index in [9.17, 15) is 9.59 Å². The van der Waals surface area contributed by atoms with E-state index in [0.717, 1.165) is 38.8 Å². The van der Waals surface area contributed by atoms with Crippen LogP contribution in [0.1, 0.15) is 62.2 Å². The molecule has 1 saturated heterocycles. The first kappa shape index (κ1) is 19.4. The lowest BCUT2D eigenvalue weighted by atomic mass is 10.1. The maximum Gasteiger partial charge on any atom is 0.255 e. The fourth-order valence-electron chi connectivity index (χ4n) is 2.90. The van der Waals surface area contributed by atoms with Crippen molar-refractivity contribution in [3.63, 3.8) is 0 Å². The predicted molar refractivity (Wildman–Crippen MR) is 105 cm³/mol. The molecule has 25 heavy (non-hydrogen) atoms. The largest absolute Gasteiger partial charge is 0.339 e. The third kappa shape index (κ3) is 6.12. The Balaban J connectivity index is 2.03.